The molecule has 3 N–H and O–H groups in total. The minimum absolute atomic E-state index is 0.0897. The van der Waals surface area contributed by atoms with Crippen LogP contribution < -0.4 is 5.32 Å². The van der Waals surface area contributed by atoms with Crippen molar-refractivity contribution in [3.8, 4) is 0 Å². The Morgan fingerprint density at radius 2 is 2.11 bits per heavy atom. The Morgan fingerprint density at radius 3 is 2.50 bits per heavy atom. The molecule has 0 unspecified atom stereocenters. The fourth-order valence-corrected chi connectivity index (χ4v) is 1.48. The summed E-state index contributed by atoms with van der Waals surface area (Å²) in [6, 6.07) is 1.39. The van der Waals surface area contributed by atoms with Crippen molar-refractivity contribution >= 4 is 11.5 Å². The Labute approximate surface area is 105 Å². The van der Waals surface area contributed by atoms with E-state index in [0.29, 0.717) is 17.8 Å². The molecular formula is C11H17N3O4. The fourth-order valence-electron chi connectivity index (χ4n) is 1.48. The molecule has 0 amide bonds. The van der Waals surface area contributed by atoms with Crippen LogP contribution in [0.1, 0.15) is 18.9 Å². The standard InChI is InChI=1S/C11H17N3O4/c1-3-11(6-15,7-16)13-10-8(2)4-9(5-12-10)14(17)18/h4-5,15-16H,3,6-7H2,1-2H3,(H,12,13). The minimum atomic E-state index is -0.867. The summed E-state index contributed by atoms with van der Waals surface area (Å²) in [5.41, 5.74) is -0.370. The van der Waals surface area contributed by atoms with E-state index in [4.69, 9.17) is 0 Å². The summed E-state index contributed by atoms with van der Waals surface area (Å²) in [6.07, 6.45) is 1.64. The maximum atomic E-state index is 10.6. The number of pyridine rings is 1. The maximum Gasteiger partial charge on any atom is 0.287 e. The van der Waals surface area contributed by atoms with Gasteiger partial charge in [-0.2, -0.15) is 0 Å². The molecule has 0 atom stereocenters. The van der Waals surface area contributed by atoms with Gasteiger partial charge in [-0.1, -0.05) is 6.92 Å². The summed E-state index contributed by atoms with van der Waals surface area (Å²) in [7, 11) is 0. The highest BCUT2D eigenvalue weighted by Gasteiger charge is 2.27. The summed E-state index contributed by atoms with van der Waals surface area (Å²) in [4.78, 5) is 14.0. The number of aryl methyl sites for hydroxylation is 1. The Kier molecular flexibility index (Phi) is 4.57. The predicted molar refractivity (Wildman–Crippen MR) is 66.4 cm³/mol. The molecule has 0 saturated carbocycles. The van der Waals surface area contributed by atoms with Crippen molar-refractivity contribution in [2.45, 2.75) is 25.8 Å². The molecule has 0 radical (unpaired) electrons. The van der Waals surface area contributed by atoms with Crippen LogP contribution in [0.5, 0.6) is 0 Å². The van der Waals surface area contributed by atoms with Crippen molar-refractivity contribution in [3.63, 3.8) is 0 Å². The van der Waals surface area contributed by atoms with E-state index >= 15 is 0 Å². The van der Waals surface area contributed by atoms with Gasteiger partial charge in [0, 0.05) is 6.07 Å². The zero-order valence-corrected chi connectivity index (χ0v) is 10.4. The van der Waals surface area contributed by atoms with Gasteiger partial charge in [0.15, 0.2) is 0 Å². The van der Waals surface area contributed by atoms with Gasteiger partial charge in [0.05, 0.1) is 23.7 Å². The van der Waals surface area contributed by atoms with E-state index in [1.165, 1.54) is 6.07 Å². The van der Waals surface area contributed by atoms with Crippen LogP contribution in [0.25, 0.3) is 0 Å². The summed E-state index contributed by atoms with van der Waals surface area (Å²) >= 11 is 0. The average Bonchev–Trinajstić information content (AvgIpc) is 2.38. The predicted octanol–water partition coefficient (Wildman–Crippen LogP) is 0.844. The summed E-state index contributed by atoms with van der Waals surface area (Å²) in [5, 5.41) is 32.2. The van der Waals surface area contributed by atoms with Crippen LogP contribution >= 0.6 is 0 Å². The molecule has 7 nitrogen and oxygen atoms in total. The van der Waals surface area contributed by atoms with Gasteiger partial charge in [0.1, 0.15) is 12.0 Å². The van der Waals surface area contributed by atoms with Crippen molar-refractivity contribution in [2.24, 2.45) is 0 Å². The Bertz CT molecular complexity index is 424. The lowest BCUT2D eigenvalue weighted by atomic mass is 9.98. The van der Waals surface area contributed by atoms with E-state index in [1.54, 1.807) is 6.92 Å². The SMILES string of the molecule is CCC(CO)(CO)Nc1ncc([N+](=O)[O-])cc1C. The first kappa shape index (κ1) is 14.3. The van der Waals surface area contributed by atoms with Crippen molar-refractivity contribution in [1.82, 2.24) is 4.98 Å². The number of hydrogen-bond donors (Lipinski definition) is 3. The number of nitrogens with one attached hydrogen (secondary N) is 1. The largest absolute Gasteiger partial charge is 0.394 e. The maximum absolute atomic E-state index is 10.6. The number of nitrogens with zero attached hydrogens (tertiary/aromatic N) is 2. The van der Waals surface area contributed by atoms with Crippen LogP contribution in [-0.4, -0.2) is 38.9 Å². The molecule has 0 aromatic carbocycles. The van der Waals surface area contributed by atoms with Crippen LogP contribution in [0.4, 0.5) is 11.5 Å². The lowest BCUT2D eigenvalue weighted by molar-refractivity contribution is -0.385. The fraction of sp³-hybridized carbons (Fsp3) is 0.545. The van der Waals surface area contributed by atoms with Crippen molar-refractivity contribution in [1.29, 1.82) is 0 Å². The molecule has 0 aliphatic rings. The van der Waals surface area contributed by atoms with Crippen LogP contribution in [0.3, 0.4) is 0 Å². The summed E-state index contributed by atoms with van der Waals surface area (Å²) in [6.45, 7) is 2.99. The third kappa shape index (κ3) is 2.93. The first-order valence-electron chi connectivity index (χ1n) is 5.59. The van der Waals surface area contributed by atoms with Crippen molar-refractivity contribution < 1.29 is 15.1 Å². The molecule has 0 spiro atoms. The van der Waals surface area contributed by atoms with Gasteiger partial charge in [-0.3, -0.25) is 10.1 Å². The Balaban J connectivity index is 3.01. The molecule has 0 fully saturated rings. The smallest absolute Gasteiger partial charge is 0.287 e. The Morgan fingerprint density at radius 1 is 1.50 bits per heavy atom. The molecule has 1 aromatic heterocycles. The highest BCUT2D eigenvalue weighted by Crippen LogP contribution is 2.22. The molecule has 1 rings (SSSR count). The normalized spacial score (nSPS) is 11.3. The van der Waals surface area contributed by atoms with Crippen LogP contribution in [0, 0.1) is 17.0 Å². The topological polar surface area (TPSA) is 109 Å². The van der Waals surface area contributed by atoms with Gasteiger partial charge in [0.25, 0.3) is 5.69 Å². The van der Waals surface area contributed by atoms with E-state index in [-0.39, 0.29) is 18.9 Å². The van der Waals surface area contributed by atoms with E-state index in [2.05, 4.69) is 10.3 Å². The van der Waals surface area contributed by atoms with Gasteiger partial charge in [-0.05, 0) is 18.9 Å². The number of hydrogen-bond acceptors (Lipinski definition) is 6. The third-order valence-corrected chi connectivity index (χ3v) is 2.94. The first-order chi connectivity index (χ1) is 8.48. The zero-order valence-electron chi connectivity index (χ0n) is 10.4. The van der Waals surface area contributed by atoms with Gasteiger partial charge < -0.3 is 15.5 Å². The molecule has 0 aliphatic heterocycles. The van der Waals surface area contributed by atoms with E-state index in [9.17, 15) is 20.3 Å². The second kappa shape index (κ2) is 5.74. The highest BCUT2D eigenvalue weighted by atomic mass is 16.6. The van der Waals surface area contributed by atoms with Gasteiger partial charge in [0.2, 0.25) is 0 Å². The second-order valence-electron chi connectivity index (χ2n) is 4.19. The lowest BCUT2D eigenvalue weighted by Gasteiger charge is -2.30. The zero-order chi connectivity index (χ0) is 13.8. The number of aliphatic hydroxyl groups is 2. The second-order valence-corrected chi connectivity index (χ2v) is 4.19. The summed E-state index contributed by atoms with van der Waals surface area (Å²) in [5.74, 6) is 0.422. The molecule has 0 saturated heterocycles. The van der Waals surface area contributed by atoms with Crippen LogP contribution in [-0.2, 0) is 0 Å². The third-order valence-electron chi connectivity index (χ3n) is 2.94. The number of aromatic nitrogens is 1. The van der Waals surface area contributed by atoms with Gasteiger partial charge in [-0.15, -0.1) is 0 Å². The summed E-state index contributed by atoms with van der Waals surface area (Å²) < 4.78 is 0. The molecule has 0 aliphatic carbocycles. The van der Waals surface area contributed by atoms with Crippen molar-refractivity contribution in [2.75, 3.05) is 18.5 Å². The Hall–Kier alpha value is -1.73. The molecule has 18 heavy (non-hydrogen) atoms. The molecule has 100 valence electrons. The lowest BCUT2D eigenvalue weighted by Crippen LogP contribution is -2.45. The van der Waals surface area contributed by atoms with E-state index in [1.807, 2.05) is 6.92 Å². The number of nitro groups is 1. The highest BCUT2D eigenvalue weighted by molar-refractivity contribution is 5.50. The van der Waals surface area contributed by atoms with E-state index < -0.39 is 10.5 Å². The quantitative estimate of drug-likeness (QED) is 0.513. The van der Waals surface area contributed by atoms with Crippen LogP contribution in [0.15, 0.2) is 12.3 Å². The first-order valence-corrected chi connectivity index (χ1v) is 5.59. The molecule has 7 heteroatoms. The average molecular weight is 255 g/mol. The van der Waals surface area contributed by atoms with E-state index in [0.717, 1.165) is 6.20 Å². The van der Waals surface area contributed by atoms with Crippen molar-refractivity contribution in [3.05, 3.63) is 27.9 Å². The number of anilines is 1. The van der Waals surface area contributed by atoms with Crippen LogP contribution in [0.2, 0.25) is 0 Å². The number of rotatable bonds is 6. The van der Waals surface area contributed by atoms with Gasteiger partial charge in [-0.25, -0.2) is 4.98 Å². The molecular weight excluding hydrogens is 238 g/mol. The molecule has 1 aromatic rings. The number of aliphatic hydroxyl groups excluding tert-OH is 2. The monoisotopic (exact) mass is 255 g/mol. The van der Waals surface area contributed by atoms with Gasteiger partial charge >= 0.3 is 0 Å². The molecule has 1 heterocycles. The molecule has 0 bridgehead atoms. The minimum Gasteiger partial charge on any atom is -0.394 e.